The SMILES string of the molecule is CCNC(=O)CN=C(NCC)NC(C)c1nc(C)c(C(=O)OCC)s1. The van der Waals surface area contributed by atoms with E-state index in [9.17, 15) is 9.59 Å². The molecule has 0 aliphatic rings. The predicted molar refractivity (Wildman–Crippen MR) is 99.0 cm³/mol. The van der Waals surface area contributed by atoms with Crippen LogP contribution in [0.1, 0.15) is 54.1 Å². The molecule has 25 heavy (non-hydrogen) atoms. The van der Waals surface area contributed by atoms with Crippen LogP contribution in [0, 0.1) is 6.92 Å². The number of amides is 1. The van der Waals surface area contributed by atoms with E-state index in [4.69, 9.17) is 4.74 Å². The van der Waals surface area contributed by atoms with Gasteiger partial charge in [0.1, 0.15) is 16.4 Å². The molecular weight excluding hydrogens is 342 g/mol. The molecule has 1 aromatic heterocycles. The van der Waals surface area contributed by atoms with Crippen molar-refractivity contribution in [2.45, 2.75) is 40.7 Å². The summed E-state index contributed by atoms with van der Waals surface area (Å²) in [5.74, 6) is 0.0293. The lowest BCUT2D eigenvalue weighted by molar-refractivity contribution is -0.119. The van der Waals surface area contributed by atoms with E-state index >= 15 is 0 Å². The number of nitrogens with one attached hydrogen (secondary N) is 3. The molecule has 1 amide bonds. The summed E-state index contributed by atoms with van der Waals surface area (Å²) < 4.78 is 5.04. The second kappa shape index (κ2) is 10.7. The lowest BCUT2D eigenvalue weighted by atomic mass is 10.3. The lowest BCUT2D eigenvalue weighted by Crippen LogP contribution is -2.39. The van der Waals surface area contributed by atoms with Gasteiger partial charge in [-0.25, -0.2) is 14.8 Å². The molecule has 0 fully saturated rings. The van der Waals surface area contributed by atoms with Crippen molar-refractivity contribution in [3.05, 3.63) is 15.6 Å². The van der Waals surface area contributed by atoms with E-state index in [-0.39, 0.29) is 24.5 Å². The van der Waals surface area contributed by atoms with Crippen molar-refractivity contribution in [2.24, 2.45) is 4.99 Å². The summed E-state index contributed by atoms with van der Waals surface area (Å²) in [6.07, 6.45) is 0. The van der Waals surface area contributed by atoms with Crippen LogP contribution in [0.25, 0.3) is 0 Å². The van der Waals surface area contributed by atoms with E-state index < -0.39 is 0 Å². The molecule has 0 spiro atoms. The van der Waals surface area contributed by atoms with Gasteiger partial charge in [0.05, 0.1) is 18.3 Å². The highest BCUT2D eigenvalue weighted by Gasteiger charge is 2.20. The third-order valence-electron chi connectivity index (χ3n) is 3.10. The Labute approximate surface area is 152 Å². The van der Waals surface area contributed by atoms with Gasteiger partial charge in [-0.15, -0.1) is 11.3 Å². The monoisotopic (exact) mass is 369 g/mol. The van der Waals surface area contributed by atoms with Crippen LogP contribution in [0.4, 0.5) is 0 Å². The first-order valence-corrected chi connectivity index (χ1v) is 9.20. The molecule has 0 aliphatic heterocycles. The molecule has 0 bridgehead atoms. The van der Waals surface area contributed by atoms with Crippen LogP contribution in [-0.4, -0.2) is 49.1 Å². The first-order valence-electron chi connectivity index (χ1n) is 8.38. The fraction of sp³-hybridized carbons (Fsp3) is 0.625. The third kappa shape index (κ3) is 6.69. The zero-order chi connectivity index (χ0) is 18.8. The Morgan fingerprint density at radius 1 is 1.24 bits per heavy atom. The summed E-state index contributed by atoms with van der Waals surface area (Å²) in [6.45, 7) is 10.9. The molecule has 3 N–H and O–H groups in total. The van der Waals surface area contributed by atoms with Gasteiger partial charge in [-0.2, -0.15) is 0 Å². The number of esters is 1. The molecule has 0 radical (unpaired) electrons. The van der Waals surface area contributed by atoms with Gasteiger partial charge >= 0.3 is 5.97 Å². The highest BCUT2D eigenvalue weighted by atomic mass is 32.1. The molecule has 0 aliphatic carbocycles. The van der Waals surface area contributed by atoms with Crippen molar-refractivity contribution in [1.29, 1.82) is 0 Å². The molecule has 0 aromatic carbocycles. The van der Waals surface area contributed by atoms with Gasteiger partial charge in [-0.05, 0) is 34.6 Å². The van der Waals surface area contributed by atoms with Crippen molar-refractivity contribution >= 4 is 29.2 Å². The zero-order valence-corrected chi connectivity index (χ0v) is 16.2. The topological polar surface area (TPSA) is 105 Å². The quantitative estimate of drug-likeness (QED) is 0.363. The minimum Gasteiger partial charge on any atom is -0.462 e. The summed E-state index contributed by atoms with van der Waals surface area (Å²) >= 11 is 1.30. The van der Waals surface area contributed by atoms with Gasteiger partial charge in [0.2, 0.25) is 5.91 Å². The maximum Gasteiger partial charge on any atom is 0.350 e. The Kier molecular flexibility index (Phi) is 8.90. The Morgan fingerprint density at radius 2 is 1.92 bits per heavy atom. The largest absolute Gasteiger partial charge is 0.462 e. The maximum absolute atomic E-state index is 11.9. The summed E-state index contributed by atoms with van der Waals surface area (Å²) in [5, 5.41) is 9.74. The molecule has 1 aromatic rings. The van der Waals surface area contributed by atoms with Gasteiger partial charge < -0.3 is 20.7 Å². The van der Waals surface area contributed by atoms with Gasteiger partial charge in [0.25, 0.3) is 0 Å². The smallest absolute Gasteiger partial charge is 0.350 e. The average Bonchev–Trinajstić information content (AvgIpc) is 2.95. The number of carbonyl (C=O) groups excluding carboxylic acids is 2. The zero-order valence-electron chi connectivity index (χ0n) is 15.4. The minimum atomic E-state index is -0.354. The number of guanidine groups is 1. The highest BCUT2D eigenvalue weighted by Crippen LogP contribution is 2.24. The van der Waals surface area contributed by atoms with E-state index in [2.05, 4.69) is 25.9 Å². The van der Waals surface area contributed by atoms with Gasteiger partial charge in [0, 0.05) is 13.1 Å². The number of ether oxygens (including phenoxy) is 1. The first kappa shape index (κ1) is 20.9. The fourth-order valence-electron chi connectivity index (χ4n) is 1.98. The van der Waals surface area contributed by atoms with Crippen LogP contribution in [0.15, 0.2) is 4.99 Å². The highest BCUT2D eigenvalue weighted by molar-refractivity contribution is 7.13. The normalized spacial score (nSPS) is 12.4. The molecule has 8 nitrogen and oxygen atoms in total. The number of nitrogens with zero attached hydrogens (tertiary/aromatic N) is 2. The number of rotatable bonds is 8. The number of aromatic nitrogens is 1. The van der Waals surface area contributed by atoms with Crippen molar-refractivity contribution in [1.82, 2.24) is 20.9 Å². The van der Waals surface area contributed by atoms with E-state index in [0.717, 1.165) is 5.01 Å². The van der Waals surface area contributed by atoms with Crippen LogP contribution in [0.2, 0.25) is 0 Å². The van der Waals surface area contributed by atoms with Crippen molar-refractivity contribution < 1.29 is 14.3 Å². The molecule has 1 unspecified atom stereocenters. The number of aryl methyl sites for hydroxylation is 1. The maximum atomic E-state index is 11.9. The van der Waals surface area contributed by atoms with Crippen molar-refractivity contribution in [3.8, 4) is 0 Å². The molecule has 9 heteroatoms. The van der Waals surface area contributed by atoms with E-state index in [1.165, 1.54) is 11.3 Å². The molecule has 140 valence electrons. The summed E-state index contributed by atoms with van der Waals surface area (Å²) in [4.78, 5) is 32.7. The number of thiazole rings is 1. The molecule has 0 saturated heterocycles. The average molecular weight is 369 g/mol. The molecule has 1 atom stereocenters. The third-order valence-corrected chi connectivity index (χ3v) is 4.42. The van der Waals surface area contributed by atoms with Crippen LogP contribution in [0.3, 0.4) is 0 Å². The summed E-state index contributed by atoms with van der Waals surface area (Å²) in [5.41, 5.74) is 0.649. The number of likely N-dealkylation sites (N-methyl/N-ethyl adjacent to an activating group) is 1. The van der Waals surface area contributed by atoms with Crippen LogP contribution in [-0.2, 0) is 9.53 Å². The number of hydrogen-bond donors (Lipinski definition) is 3. The van der Waals surface area contributed by atoms with Gasteiger partial charge in [-0.1, -0.05) is 0 Å². The molecule has 1 rings (SSSR count). The van der Waals surface area contributed by atoms with E-state index in [1.807, 2.05) is 20.8 Å². The lowest BCUT2D eigenvalue weighted by Gasteiger charge is -2.15. The van der Waals surface area contributed by atoms with Crippen molar-refractivity contribution in [3.63, 3.8) is 0 Å². The van der Waals surface area contributed by atoms with Crippen molar-refractivity contribution in [2.75, 3.05) is 26.2 Å². The van der Waals surface area contributed by atoms with Crippen LogP contribution in [0.5, 0.6) is 0 Å². The molecule has 0 saturated carbocycles. The Hall–Kier alpha value is -2.16. The van der Waals surface area contributed by atoms with E-state index in [0.29, 0.717) is 36.2 Å². The second-order valence-electron chi connectivity index (χ2n) is 5.20. The van der Waals surface area contributed by atoms with Crippen LogP contribution < -0.4 is 16.0 Å². The summed E-state index contributed by atoms with van der Waals surface area (Å²) in [7, 11) is 0. The minimum absolute atomic E-state index is 0.0425. The molecular formula is C16H27N5O3S. The van der Waals surface area contributed by atoms with E-state index in [1.54, 1.807) is 13.8 Å². The molecule has 1 heterocycles. The Bertz CT molecular complexity index is 615. The van der Waals surface area contributed by atoms with Gasteiger partial charge in [-0.3, -0.25) is 4.79 Å². The fourth-order valence-corrected chi connectivity index (χ4v) is 2.94. The standard InChI is InChI=1S/C16H27N5O3S/c1-6-17-12(22)9-19-16(18-7-2)21-11(5)14-20-10(4)13(25-14)15(23)24-8-3/h11H,6-9H2,1-5H3,(H,17,22)(H2,18,19,21). The number of carbonyl (C=O) groups is 2. The van der Waals surface area contributed by atoms with Gasteiger partial charge in [0.15, 0.2) is 5.96 Å². The predicted octanol–water partition coefficient (Wildman–Crippen LogP) is 1.38. The van der Waals surface area contributed by atoms with Crippen LogP contribution >= 0.6 is 11.3 Å². The Morgan fingerprint density at radius 3 is 2.52 bits per heavy atom. The summed E-state index contributed by atoms with van der Waals surface area (Å²) in [6, 6.07) is -0.168. The Balaban J connectivity index is 2.81. The number of aliphatic imine (C=N–C) groups is 1. The first-order chi connectivity index (χ1) is 11.9. The second-order valence-corrected chi connectivity index (χ2v) is 6.23. The number of hydrogen-bond acceptors (Lipinski definition) is 6.